The molecule has 1 aliphatic carbocycles. The van der Waals surface area contributed by atoms with Crippen LogP contribution in [0.25, 0.3) is 0 Å². The third kappa shape index (κ3) is 3.19. The Labute approximate surface area is 107 Å². The van der Waals surface area contributed by atoms with E-state index in [0.29, 0.717) is 5.69 Å². The summed E-state index contributed by atoms with van der Waals surface area (Å²) in [6.45, 7) is 0. The Morgan fingerprint density at radius 2 is 1.75 bits per heavy atom. The van der Waals surface area contributed by atoms with Crippen molar-refractivity contribution < 1.29 is 9.59 Å². The van der Waals surface area contributed by atoms with E-state index in [0.717, 1.165) is 16.4 Å². The normalized spacial score (nSPS) is 14.3. The number of amides is 2. The second-order valence-corrected chi connectivity index (χ2v) is 4.95. The maximum atomic E-state index is 11.4. The van der Waals surface area contributed by atoms with E-state index in [1.807, 2.05) is 12.1 Å². The first-order chi connectivity index (χ1) is 7.65. The van der Waals surface area contributed by atoms with Crippen molar-refractivity contribution >= 4 is 40.1 Å². The van der Waals surface area contributed by atoms with Gasteiger partial charge in [0, 0.05) is 15.3 Å². The van der Waals surface area contributed by atoms with Crippen molar-refractivity contribution in [2.24, 2.45) is 0 Å². The monoisotopic (exact) mass is 330 g/mol. The van der Waals surface area contributed by atoms with E-state index >= 15 is 0 Å². The number of hydrogen-bond acceptors (Lipinski definition) is 2. The Kier molecular flexibility index (Phi) is 3.42. The average Bonchev–Trinajstić information content (AvgIpc) is 3.05. The van der Waals surface area contributed by atoms with Gasteiger partial charge in [-0.3, -0.25) is 9.59 Å². The Morgan fingerprint density at radius 1 is 1.12 bits per heavy atom. The minimum Gasteiger partial charge on any atom is -0.345 e. The molecule has 16 heavy (non-hydrogen) atoms. The first-order valence-electron chi connectivity index (χ1n) is 5.02. The van der Waals surface area contributed by atoms with Gasteiger partial charge in [0.1, 0.15) is 0 Å². The lowest BCUT2D eigenvalue weighted by Gasteiger charge is -2.05. The molecule has 2 amide bonds. The van der Waals surface area contributed by atoms with Crippen molar-refractivity contribution in [3.8, 4) is 0 Å². The van der Waals surface area contributed by atoms with Crippen LogP contribution in [-0.4, -0.2) is 17.9 Å². The Morgan fingerprint density at radius 3 is 2.31 bits per heavy atom. The zero-order valence-corrected chi connectivity index (χ0v) is 10.7. The van der Waals surface area contributed by atoms with Crippen molar-refractivity contribution in [3.05, 3.63) is 27.8 Å². The average molecular weight is 330 g/mol. The maximum absolute atomic E-state index is 11.4. The quantitative estimate of drug-likeness (QED) is 0.638. The number of halogens is 1. The van der Waals surface area contributed by atoms with Gasteiger partial charge < -0.3 is 10.6 Å². The van der Waals surface area contributed by atoms with Crippen LogP contribution in [0.5, 0.6) is 0 Å². The van der Waals surface area contributed by atoms with Crippen molar-refractivity contribution in [2.45, 2.75) is 18.9 Å². The third-order valence-electron chi connectivity index (χ3n) is 2.22. The standard InChI is InChI=1S/C11H11IN2O2/c12-7-1-3-8(4-2-7)13-10(15)11(16)14-9-5-6-9/h1-4,9H,5-6H2,(H,13,15)(H,14,16). The molecule has 0 heterocycles. The van der Waals surface area contributed by atoms with Crippen LogP contribution in [0.1, 0.15) is 12.8 Å². The van der Waals surface area contributed by atoms with E-state index < -0.39 is 11.8 Å². The summed E-state index contributed by atoms with van der Waals surface area (Å²) in [7, 11) is 0. The number of nitrogens with one attached hydrogen (secondary N) is 2. The fourth-order valence-corrected chi connectivity index (χ4v) is 1.56. The molecule has 4 nitrogen and oxygen atoms in total. The molecule has 1 aliphatic rings. The minimum absolute atomic E-state index is 0.204. The molecule has 0 saturated heterocycles. The highest BCUT2D eigenvalue weighted by Gasteiger charge is 2.26. The van der Waals surface area contributed by atoms with Crippen molar-refractivity contribution in [3.63, 3.8) is 0 Å². The molecular formula is C11H11IN2O2. The van der Waals surface area contributed by atoms with Gasteiger partial charge in [-0.05, 0) is 59.7 Å². The van der Waals surface area contributed by atoms with Gasteiger partial charge in [-0.2, -0.15) is 0 Å². The first-order valence-corrected chi connectivity index (χ1v) is 6.10. The van der Waals surface area contributed by atoms with Gasteiger partial charge >= 0.3 is 11.8 Å². The number of carbonyl (C=O) groups is 2. The number of rotatable bonds is 2. The topological polar surface area (TPSA) is 58.2 Å². The van der Waals surface area contributed by atoms with Gasteiger partial charge in [0.25, 0.3) is 0 Å². The highest BCUT2D eigenvalue weighted by molar-refractivity contribution is 14.1. The molecule has 0 aliphatic heterocycles. The largest absolute Gasteiger partial charge is 0.345 e. The molecule has 84 valence electrons. The van der Waals surface area contributed by atoms with Crippen LogP contribution in [0.3, 0.4) is 0 Å². The van der Waals surface area contributed by atoms with E-state index in [1.165, 1.54) is 0 Å². The predicted molar refractivity (Wildman–Crippen MR) is 69.0 cm³/mol. The van der Waals surface area contributed by atoms with E-state index in [-0.39, 0.29) is 6.04 Å². The lowest BCUT2D eigenvalue weighted by molar-refractivity contribution is -0.136. The summed E-state index contributed by atoms with van der Waals surface area (Å²) in [6, 6.07) is 7.48. The van der Waals surface area contributed by atoms with E-state index in [1.54, 1.807) is 12.1 Å². The maximum Gasteiger partial charge on any atom is 0.313 e. The first kappa shape index (κ1) is 11.4. The Balaban J connectivity index is 1.90. The fraction of sp³-hybridized carbons (Fsp3) is 0.273. The lowest BCUT2D eigenvalue weighted by Crippen LogP contribution is -2.36. The summed E-state index contributed by atoms with van der Waals surface area (Å²) < 4.78 is 1.08. The molecule has 0 atom stereocenters. The Bertz CT molecular complexity index is 412. The predicted octanol–water partition coefficient (Wildman–Crippen LogP) is 1.51. The molecule has 1 aromatic carbocycles. The number of benzene rings is 1. The molecule has 0 aromatic heterocycles. The van der Waals surface area contributed by atoms with Gasteiger partial charge in [-0.25, -0.2) is 0 Å². The smallest absolute Gasteiger partial charge is 0.313 e. The molecular weight excluding hydrogens is 319 g/mol. The molecule has 1 aromatic rings. The number of hydrogen-bond donors (Lipinski definition) is 2. The van der Waals surface area contributed by atoms with Crippen molar-refractivity contribution in [2.75, 3.05) is 5.32 Å². The van der Waals surface area contributed by atoms with Crippen LogP contribution in [0.4, 0.5) is 5.69 Å². The van der Waals surface area contributed by atoms with Crippen molar-refractivity contribution in [1.29, 1.82) is 0 Å². The molecule has 0 bridgehead atoms. The summed E-state index contributed by atoms with van der Waals surface area (Å²) in [5, 5.41) is 5.18. The SMILES string of the molecule is O=C(Nc1ccc(I)cc1)C(=O)NC1CC1. The third-order valence-corrected chi connectivity index (χ3v) is 2.94. The molecule has 1 fully saturated rings. The zero-order chi connectivity index (χ0) is 11.5. The van der Waals surface area contributed by atoms with Gasteiger partial charge in [0.15, 0.2) is 0 Å². The number of carbonyl (C=O) groups excluding carboxylic acids is 2. The van der Waals surface area contributed by atoms with E-state index in [9.17, 15) is 9.59 Å². The Hall–Kier alpha value is -1.11. The molecule has 0 unspecified atom stereocenters. The van der Waals surface area contributed by atoms with Crippen LogP contribution in [-0.2, 0) is 9.59 Å². The lowest BCUT2D eigenvalue weighted by atomic mass is 10.3. The summed E-state index contributed by atoms with van der Waals surface area (Å²) in [5.41, 5.74) is 0.636. The second-order valence-electron chi connectivity index (χ2n) is 3.71. The van der Waals surface area contributed by atoms with Gasteiger partial charge in [0.2, 0.25) is 0 Å². The van der Waals surface area contributed by atoms with Gasteiger partial charge in [-0.1, -0.05) is 0 Å². The summed E-state index contributed by atoms with van der Waals surface area (Å²) in [5.74, 6) is -1.16. The molecule has 5 heteroatoms. The second kappa shape index (κ2) is 4.82. The fourth-order valence-electron chi connectivity index (χ4n) is 1.20. The van der Waals surface area contributed by atoms with E-state index in [2.05, 4.69) is 33.2 Å². The van der Waals surface area contributed by atoms with Crippen LogP contribution < -0.4 is 10.6 Å². The molecule has 2 rings (SSSR count). The van der Waals surface area contributed by atoms with Crippen LogP contribution in [0, 0.1) is 3.57 Å². The van der Waals surface area contributed by atoms with Gasteiger partial charge in [-0.15, -0.1) is 0 Å². The highest BCUT2D eigenvalue weighted by atomic mass is 127. The van der Waals surface area contributed by atoms with Crippen molar-refractivity contribution in [1.82, 2.24) is 5.32 Å². The molecule has 2 N–H and O–H groups in total. The van der Waals surface area contributed by atoms with Crippen LogP contribution in [0.15, 0.2) is 24.3 Å². The van der Waals surface area contributed by atoms with Crippen LogP contribution >= 0.6 is 22.6 Å². The summed E-state index contributed by atoms with van der Waals surface area (Å²) >= 11 is 2.18. The van der Waals surface area contributed by atoms with Crippen LogP contribution in [0.2, 0.25) is 0 Å². The number of anilines is 1. The van der Waals surface area contributed by atoms with Gasteiger partial charge in [0.05, 0.1) is 0 Å². The molecule has 0 radical (unpaired) electrons. The minimum atomic E-state index is -0.604. The highest BCUT2D eigenvalue weighted by Crippen LogP contribution is 2.18. The summed E-state index contributed by atoms with van der Waals surface area (Å²) in [4.78, 5) is 22.8. The molecule has 0 spiro atoms. The molecule has 1 saturated carbocycles. The summed E-state index contributed by atoms with van der Waals surface area (Å²) in [6.07, 6.45) is 1.95. The van der Waals surface area contributed by atoms with E-state index in [4.69, 9.17) is 0 Å². The zero-order valence-electron chi connectivity index (χ0n) is 8.50.